The van der Waals surface area contributed by atoms with Gasteiger partial charge < -0.3 is 0 Å². The Morgan fingerprint density at radius 3 is 1.92 bits per heavy atom. The molecule has 0 aliphatic heterocycles. The molecule has 3 aromatic rings. The maximum Gasteiger partial charge on any atom is -0.0105 e. The summed E-state index contributed by atoms with van der Waals surface area (Å²) in [4.78, 5) is 0. The molecule has 0 radical (unpaired) electrons. The smallest absolute Gasteiger partial charge is 0.0105 e. The van der Waals surface area contributed by atoms with Crippen molar-refractivity contribution in [3.8, 4) is 0 Å². The lowest BCUT2D eigenvalue weighted by Crippen LogP contribution is -1.88. The number of hydrogen-bond donors (Lipinski definition) is 0. The van der Waals surface area contributed by atoms with Crippen LogP contribution < -0.4 is 0 Å². The summed E-state index contributed by atoms with van der Waals surface area (Å²) in [6.07, 6.45) is 15.3. The highest BCUT2D eigenvalue weighted by Gasteiger charge is 2.02. The van der Waals surface area contributed by atoms with E-state index < -0.39 is 0 Å². The summed E-state index contributed by atoms with van der Waals surface area (Å²) in [7, 11) is 0. The first-order valence-corrected chi connectivity index (χ1v) is 10.8. The Balaban J connectivity index is 1.41. The number of benzene rings is 3. The van der Waals surface area contributed by atoms with Gasteiger partial charge in [0.25, 0.3) is 0 Å². The second-order valence-electron chi connectivity index (χ2n) is 7.77. The lowest BCUT2D eigenvalue weighted by Gasteiger charge is -2.07. The van der Waals surface area contributed by atoms with Crippen molar-refractivity contribution in [1.82, 2.24) is 0 Å². The standard InChI is InChI=1S/C26H34/c1-2-3-4-5-6-7-8-9-10-11-14-22-17-20-26-24(21-22)19-18-23-15-12-13-16-25(23)26/h12-13,15-21H,2-11,14H2,1H3. The predicted molar refractivity (Wildman–Crippen MR) is 117 cm³/mol. The van der Waals surface area contributed by atoms with Gasteiger partial charge in [0.2, 0.25) is 0 Å². The second kappa shape index (κ2) is 10.4. The van der Waals surface area contributed by atoms with E-state index in [0.717, 1.165) is 0 Å². The third-order valence-electron chi connectivity index (χ3n) is 5.63. The van der Waals surface area contributed by atoms with Crippen LogP contribution in [0.2, 0.25) is 0 Å². The zero-order valence-electron chi connectivity index (χ0n) is 16.5. The first-order valence-electron chi connectivity index (χ1n) is 10.8. The number of rotatable bonds is 11. The zero-order chi connectivity index (χ0) is 18.0. The van der Waals surface area contributed by atoms with Crippen molar-refractivity contribution in [2.24, 2.45) is 0 Å². The molecule has 26 heavy (non-hydrogen) atoms. The molecule has 0 aliphatic carbocycles. The molecule has 0 spiro atoms. The molecule has 0 aliphatic rings. The Morgan fingerprint density at radius 2 is 1.15 bits per heavy atom. The van der Waals surface area contributed by atoms with Crippen LogP contribution in [0.5, 0.6) is 0 Å². The molecule has 138 valence electrons. The van der Waals surface area contributed by atoms with Crippen LogP contribution in [-0.2, 0) is 6.42 Å². The van der Waals surface area contributed by atoms with Gasteiger partial charge in [-0.1, -0.05) is 119 Å². The fraction of sp³-hybridized carbons (Fsp3) is 0.462. The first kappa shape index (κ1) is 19.0. The predicted octanol–water partition coefficient (Wildman–Crippen LogP) is 8.46. The monoisotopic (exact) mass is 346 g/mol. The maximum atomic E-state index is 2.40. The van der Waals surface area contributed by atoms with Crippen molar-refractivity contribution in [1.29, 1.82) is 0 Å². The van der Waals surface area contributed by atoms with Gasteiger partial charge in [-0.15, -0.1) is 0 Å². The topological polar surface area (TPSA) is 0 Å². The molecule has 0 nitrogen and oxygen atoms in total. The van der Waals surface area contributed by atoms with Gasteiger partial charge in [0.15, 0.2) is 0 Å². The van der Waals surface area contributed by atoms with Crippen molar-refractivity contribution in [2.45, 2.75) is 77.6 Å². The highest BCUT2D eigenvalue weighted by molar-refractivity contribution is 6.07. The van der Waals surface area contributed by atoms with Gasteiger partial charge in [0, 0.05) is 0 Å². The van der Waals surface area contributed by atoms with E-state index in [1.54, 1.807) is 0 Å². The van der Waals surface area contributed by atoms with E-state index in [1.165, 1.54) is 97.7 Å². The summed E-state index contributed by atoms with van der Waals surface area (Å²) in [5, 5.41) is 5.47. The fourth-order valence-electron chi connectivity index (χ4n) is 4.03. The van der Waals surface area contributed by atoms with Gasteiger partial charge in [0.1, 0.15) is 0 Å². The van der Waals surface area contributed by atoms with Gasteiger partial charge in [-0.05, 0) is 39.9 Å². The molecule has 0 N–H and O–H groups in total. The summed E-state index contributed by atoms with van der Waals surface area (Å²) in [6.45, 7) is 2.29. The lowest BCUT2D eigenvalue weighted by atomic mass is 9.98. The van der Waals surface area contributed by atoms with E-state index in [2.05, 4.69) is 61.5 Å². The molecule has 0 saturated heterocycles. The van der Waals surface area contributed by atoms with E-state index in [0.29, 0.717) is 0 Å². The summed E-state index contributed by atoms with van der Waals surface area (Å²) in [6, 6.07) is 20.3. The Bertz CT molecular complexity index is 799. The quantitative estimate of drug-likeness (QED) is 0.241. The molecule has 0 fully saturated rings. The number of hydrogen-bond acceptors (Lipinski definition) is 0. The van der Waals surface area contributed by atoms with Gasteiger partial charge in [-0.2, -0.15) is 0 Å². The molecule has 0 atom stereocenters. The summed E-state index contributed by atoms with van der Waals surface area (Å²) in [5.74, 6) is 0. The molecule has 0 aromatic heterocycles. The van der Waals surface area contributed by atoms with Crippen LogP contribution in [0.4, 0.5) is 0 Å². The molecule has 0 bridgehead atoms. The van der Waals surface area contributed by atoms with Crippen LogP contribution in [0, 0.1) is 0 Å². The van der Waals surface area contributed by atoms with Gasteiger partial charge in [-0.3, -0.25) is 0 Å². The second-order valence-corrected chi connectivity index (χ2v) is 7.77. The summed E-state index contributed by atoms with van der Waals surface area (Å²) >= 11 is 0. The minimum absolute atomic E-state index is 1.22. The molecular weight excluding hydrogens is 312 g/mol. The van der Waals surface area contributed by atoms with Crippen LogP contribution >= 0.6 is 0 Å². The molecule has 0 saturated carbocycles. The molecule has 0 unspecified atom stereocenters. The highest BCUT2D eigenvalue weighted by Crippen LogP contribution is 2.26. The van der Waals surface area contributed by atoms with Crippen molar-refractivity contribution in [3.05, 3.63) is 60.2 Å². The van der Waals surface area contributed by atoms with Crippen LogP contribution in [-0.4, -0.2) is 0 Å². The van der Waals surface area contributed by atoms with Crippen molar-refractivity contribution >= 4 is 21.5 Å². The largest absolute Gasteiger partial charge is 0.0654 e. The Labute approximate surface area is 159 Å². The number of fused-ring (bicyclic) bond motifs is 3. The van der Waals surface area contributed by atoms with Crippen LogP contribution in [0.3, 0.4) is 0 Å². The van der Waals surface area contributed by atoms with E-state index in [9.17, 15) is 0 Å². The average molecular weight is 347 g/mol. The van der Waals surface area contributed by atoms with E-state index in [4.69, 9.17) is 0 Å². The van der Waals surface area contributed by atoms with Crippen molar-refractivity contribution in [3.63, 3.8) is 0 Å². The van der Waals surface area contributed by atoms with Gasteiger partial charge in [-0.25, -0.2) is 0 Å². The SMILES string of the molecule is CCCCCCCCCCCCc1ccc2c(ccc3ccccc32)c1. The minimum Gasteiger partial charge on any atom is -0.0654 e. The lowest BCUT2D eigenvalue weighted by molar-refractivity contribution is 0.556. The third kappa shape index (κ3) is 5.34. The van der Waals surface area contributed by atoms with Crippen LogP contribution in [0.15, 0.2) is 54.6 Å². The van der Waals surface area contributed by atoms with Gasteiger partial charge >= 0.3 is 0 Å². The third-order valence-corrected chi connectivity index (χ3v) is 5.63. The van der Waals surface area contributed by atoms with Crippen LogP contribution in [0.1, 0.15) is 76.7 Å². The van der Waals surface area contributed by atoms with Crippen LogP contribution in [0.25, 0.3) is 21.5 Å². The molecule has 3 rings (SSSR count). The molecular formula is C26H34. The molecule has 0 heterocycles. The average Bonchev–Trinajstić information content (AvgIpc) is 2.69. The summed E-state index contributed by atoms with van der Waals surface area (Å²) < 4.78 is 0. The number of unbranched alkanes of at least 4 members (excludes halogenated alkanes) is 9. The maximum absolute atomic E-state index is 2.40. The Kier molecular flexibility index (Phi) is 7.55. The Hall–Kier alpha value is -1.82. The minimum atomic E-state index is 1.22. The van der Waals surface area contributed by atoms with Crippen molar-refractivity contribution in [2.75, 3.05) is 0 Å². The molecule has 0 heteroatoms. The normalized spacial score (nSPS) is 11.4. The van der Waals surface area contributed by atoms with Gasteiger partial charge in [0.05, 0.1) is 0 Å². The first-order chi connectivity index (χ1) is 12.9. The molecule has 0 amide bonds. The van der Waals surface area contributed by atoms with E-state index in [1.807, 2.05) is 0 Å². The zero-order valence-corrected chi connectivity index (χ0v) is 16.5. The highest BCUT2D eigenvalue weighted by atomic mass is 14.1. The fourth-order valence-corrected chi connectivity index (χ4v) is 4.03. The molecule has 3 aromatic carbocycles. The van der Waals surface area contributed by atoms with Crippen molar-refractivity contribution < 1.29 is 0 Å². The summed E-state index contributed by atoms with van der Waals surface area (Å²) in [5.41, 5.74) is 1.49. The van der Waals surface area contributed by atoms with E-state index in [-0.39, 0.29) is 0 Å². The van der Waals surface area contributed by atoms with E-state index >= 15 is 0 Å². The Morgan fingerprint density at radius 1 is 0.538 bits per heavy atom. The number of aryl methyl sites for hydroxylation is 1.